The van der Waals surface area contributed by atoms with Crippen molar-refractivity contribution in [1.82, 2.24) is 10.2 Å². The predicted molar refractivity (Wildman–Crippen MR) is 125 cm³/mol. The van der Waals surface area contributed by atoms with Crippen molar-refractivity contribution in [2.24, 2.45) is 0 Å². The summed E-state index contributed by atoms with van der Waals surface area (Å²) >= 11 is 0. The van der Waals surface area contributed by atoms with Crippen molar-refractivity contribution < 1.29 is 19.0 Å². The number of rotatable bonds is 13. The number of benzene rings is 2. The molecule has 0 radical (unpaired) electrons. The zero-order valence-corrected chi connectivity index (χ0v) is 19.0. The number of carbonyl (C=O) groups is 1. The molecule has 31 heavy (non-hydrogen) atoms. The first kappa shape index (κ1) is 24.3. The topological polar surface area (TPSA) is 60.0 Å². The summed E-state index contributed by atoms with van der Waals surface area (Å²) < 4.78 is 15.9. The maximum Gasteiger partial charge on any atom is 0.223 e. The average Bonchev–Trinajstić information content (AvgIpc) is 2.80. The van der Waals surface area contributed by atoms with Crippen molar-refractivity contribution in [3.8, 4) is 17.2 Å². The lowest BCUT2D eigenvalue weighted by Gasteiger charge is -2.17. The largest absolute Gasteiger partial charge is 0.496 e. The maximum absolute atomic E-state index is 12.0. The minimum absolute atomic E-state index is 0.0270. The lowest BCUT2D eigenvalue weighted by molar-refractivity contribution is -0.120. The molecule has 2 aromatic carbocycles. The summed E-state index contributed by atoms with van der Waals surface area (Å²) in [6, 6.07) is 13.8. The Morgan fingerprint density at radius 3 is 2.45 bits per heavy atom. The molecule has 6 nitrogen and oxygen atoms in total. The van der Waals surface area contributed by atoms with E-state index in [1.807, 2.05) is 48.6 Å². The molecule has 0 saturated heterocycles. The maximum atomic E-state index is 12.0. The summed E-state index contributed by atoms with van der Waals surface area (Å²) in [4.78, 5) is 14.3. The van der Waals surface area contributed by atoms with Crippen LogP contribution in [-0.4, -0.2) is 58.8 Å². The van der Waals surface area contributed by atoms with Crippen LogP contribution in [0.25, 0.3) is 6.08 Å². The lowest BCUT2D eigenvalue weighted by atomic mass is 10.1. The van der Waals surface area contributed by atoms with Crippen LogP contribution in [0.15, 0.2) is 48.5 Å². The number of nitrogens with zero attached hydrogens (tertiary/aromatic N) is 1. The van der Waals surface area contributed by atoms with Crippen molar-refractivity contribution in [2.45, 2.75) is 19.3 Å². The SMILES string of the molecule is COc1ccccc1C=CCC(=O)NCCCN(C)CCc1ccc(OC)c(OC)c1. The van der Waals surface area contributed by atoms with Crippen LogP contribution in [0.5, 0.6) is 17.2 Å². The quantitative estimate of drug-likeness (QED) is 0.494. The van der Waals surface area contributed by atoms with Crippen LogP contribution >= 0.6 is 0 Å². The molecule has 0 fully saturated rings. The molecule has 0 saturated carbocycles. The van der Waals surface area contributed by atoms with E-state index in [1.54, 1.807) is 21.3 Å². The van der Waals surface area contributed by atoms with Crippen LogP contribution in [0, 0.1) is 0 Å². The number of hydrogen-bond acceptors (Lipinski definition) is 5. The summed E-state index contributed by atoms with van der Waals surface area (Å²) in [6.45, 7) is 2.53. The van der Waals surface area contributed by atoms with E-state index < -0.39 is 0 Å². The van der Waals surface area contributed by atoms with Gasteiger partial charge in [-0.3, -0.25) is 4.79 Å². The standard InChI is InChI=1S/C25H34N2O4/c1-27(18-15-20-13-14-23(30-3)24(19-20)31-4)17-8-16-26-25(28)12-7-10-21-9-5-6-11-22(21)29-2/h5-7,9-11,13-14,19H,8,12,15-18H2,1-4H3,(H,26,28). The second-order valence-corrected chi connectivity index (χ2v) is 7.29. The van der Waals surface area contributed by atoms with Gasteiger partial charge >= 0.3 is 0 Å². The summed E-state index contributed by atoms with van der Waals surface area (Å²) in [5.41, 5.74) is 2.17. The highest BCUT2D eigenvalue weighted by Gasteiger charge is 2.06. The van der Waals surface area contributed by atoms with Crippen LogP contribution in [0.1, 0.15) is 24.0 Å². The second-order valence-electron chi connectivity index (χ2n) is 7.29. The van der Waals surface area contributed by atoms with Crippen LogP contribution in [0.4, 0.5) is 0 Å². The Morgan fingerprint density at radius 2 is 1.71 bits per heavy atom. The van der Waals surface area contributed by atoms with Crippen LogP contribution in [0.3, 0.4) is 0 Å². The fraction of sp³-hybridized carbons (Fsp3) is 0.400. The third-order valence-electron chi connectivity index (χ3n) is 5.01. The number of carbonyl (C=O) groups excluding carboxylic acids is 1. The van der Waals surface area contributed by atoms with E-state index >= 15 is 0 Å². The molecule has 0 aliphatic carbocycles. The summed E-state index contributed by atoms with van der Waals surface area (Å²) in [5.74, 6) is 2.33. The number of nitrogens with one attached hydrogen (secondary N) is 1. The Kier molecular flexibility index (Phi) is 10.4. The van der Waals surface area contributed by atoms with Gasteiger partial charge in [-0.15, -0.1) is 0 Å². The van der Waals surface area contributed by atoms with Crippen LogP contribution < -0.4 is 19.5 Å². The van der Waals surface area contributed by atoms with E-state index in [4.69, 9.17) is 14.2 Å². The Hall–Kier alpha value is -2.99. The van der Waals surface area contributed by atoms with Crippen molar-refractivity contribution >= 4 is 12.0 Å². The first-order valence-corrected chi connectivity index (χ1v) is 10.5. The minimum atomic E-state index is 0.0270. The van der Waals surface area contributed by atoms with E-state index in [-0.39, 0.29) is 5.91 Å². The molecule has 0 heterocycles. The van der Waals surface area contributed by atoms with Gasteiger partial charge in [0, 0.05) is 25.1 Å². The van der Waals surface area contributed by atoms with Gasteiger partial charge in [-0.05, 0) is 50.2 Å². The summed E-state index contributed by atoms with van der Waals surface area (Å²) in [5, 5.41) is 2.98. The highest BCUT2D eigenvalue weighted by molar-refractivity contribution is 5.78. The molecule has 6 heteroatoms. The van der Waals surface area contributed by atoms with Crippen molar-refractivity contribution in [1.29, 1.82) is 0 Å². The van der Waals surface area contributed by atoms with Gasteiger partial charge < -0.3 is 24.4 Å². The summed E-state index contributed by atoms with van der Waals surface area (Å²) in [6.07, 6.45) is 5.97. The number of methoxy groups -OCH3 is 3. The Labute approximate surface area is 185 Å². The molecule has 0 unspecified atom stereocenters. The van der Waals surface area contributed by atoms with Crippen molar-refractivity contribution in [2.75, 3.05) is 48.0 Å². The molecule has 0 spiro atoms. The van der Waals surface area contributed by atoms with E-state index in [0.29, 0.717) is 13.0 Å². The molecular weight excluding hydrogens is 392 g/mol. The molecule has 0 bridgehead atoms. The Balaban J connectivity index is 1.63. The van der Waals surface area contributed by atoms with Gasteiger partial charge in [0.2, 0.25) is 5.91 Å². The van der Waals surface area contributed by atoms with E-state index in [2.05, 4.69) is 23.3 Å². The predicted octanol–water partition coefficient (Wildman–Crippen LogP) is 3.80. The third kappa shape index (κ3) is 8.34. The van der Waals surface area contributed by atoms with E-state index in [9.17, 15) is 4.79 Å². The Bertz CT molecular complexity index is 851. The molecule has 1 N–H and O–H groups in total. The Morgan fingerprint density at radius 1 is 0.968 bits per heavy atom. The van der Waals surface area contributed by atoms with E-state index in [1.165, 1.54) is 5.56 Å². The summed E-state index contributed by atoms with van der Waals surface area (Å²) in [7, 11) is 7.03. The molecule has 0 aliphatic heterocycles. The van der Waals surface area contributed by atoms with Gasteiger partial charge in [0.15, 0.2) is 11.5 Å². The molecular formula is C25H34N2O4. The van der Waals surface area contributed by atoms with Crippen molar-refractivity contribution in [3.05, 3.63) is 59.7 Å². The molecule has 168 valence electrons. The second kappa shape index (κ2) is 13.3. The smallest absolute Gasteiger partial charge is 0.223 e. The average molecular weight is 427 g/mol. The highest BCUT2D eigenvalue weighted by atomic mass is 16.5. The number of hydrogen-bond donors (Lipinski definition) is 1. The zero-order valence-electron chi connectivity index (χ0n) is 19.0. The molecule has 0 aromatic heterocycles. The van der Waals surface area contributed by atoms with Gasteiger partial charge in [-0.1, -0.05) is 36.4 Å². The fourth-order valence-corrected chi connectivity index (χ4v) is 3.21. The monoisotopic (exact) mass is 426 g/mol. The van der Waals surface area contributed by atoms with Gasteiger partial charge in [-0.2, -0.15) is 0 Å². The first-order chi connectivity index (χ1) is 15.1. The molecule has 2 rings (SSSR count). The third-order valence-corrected chi connectivity index (χ3v) is 5.01. The molecule has 0 atom stereocenters. The van der Waals surface area contributed by atoms with E-state index in [0.717, 1.165) is 48.7 Å². The number of para-hydroxylation sites is 1. The molecule has 1 amide bonds. The number of ether oxygens (including phenoxy) is 3. The van der Waals surface area contributed by atoms with Crippen molar-refractivity contribution in [3.63, 3.8) is 0 Å². The fourth-order valence-electron chi connectivity index (χ4n) is 3.21. The number of amides is 1. The van der Waals surface area contributed by atoms with Crippen LogP contribution in [-0.2, 0) is 11.2 Å². The van der Waals surface area contributed by atoms with Gasteiger partial charge in [0.1, 0.15) is 5.75 Å². The lowest BCUT2D eigenvalue weighted by Crippen LogP contribution is -2.28. The first-order valence-electron chi connectivity index (χ1n) is 10.5. The zero-order chi connectivity index (χ0) is 22.5. The normalized spacial score (nSPS) is 11.0. The minimum Gasteiger partial charge on any atom is -0.496 e. The van der Waals surface area contributed by atoms with Gasteiger partial charge in [-0.25, -0.2) is 0 Å². The van der Waals surface area contributed by atoms with Crippen LogP contribution in [0.2, 0.25) is 0 Å². The van der Waals surface area contributed by atoms with Gasteiger partial charge in [0.05, 0.1) is 21.3 Å². The molecule has 0 aliphatic rings. The molecule has 2 aromatic rings. The number of likely N-dealkylation sites (N-methyl/N-ethyl adjacent to an activating group) is 1. The highest BCUT2D eigenvalue weighted by Crippen LogP contribution is 2.27. The van der Waals surface area contributed by atoms with Gasteiger partial charge in [0.25, 0.3) is 0 Å².